The van der Waals surface area contributed by atoms with Crippen LogP contribution in [0.3, 0.4) is 0 Å². The van der Waals surface area contributed by atoms with Crippen LogP contribution in [0.15, 0.2) is 12.4 Å². The minimum Gasteiger partial charge on any atom is -0.349 e. The number of aromatic nitrogens is 2. The second-order valence-electron chi connectivity index (χ2n) is 4.44. The maximum absolute atomic E-state index is 11.7. The zero-order valence-corrected chi connectivity index (χ0v) is 11.8. The van der Waals surface area contributed by atoms with E-state index in [0.29, 0.717) is 12.2 Å². The lowest BCUT2D eigenvalue weighted by molar-refractivity contribution is 0.0924. The molecular formula is C11H18Cl2N4O. The minimum absolute atomic E-state index is 0. The van der Waals surface area contributed by atoms with E-state index >= 15 is 0 Å². The Morgan fingerprint density at radius 2 is 2.06 bits per heavy atom. The van der Waals surface area contributed by atoms with Gasteiger partial charge in [0.1, 0.15) is 5.69 Å². The number of hydrogen-bond acceptors (Lipinski definition) is 4. The van der Waals surface area contributed by atoms with Crippen LogP contribution in [0.2, 0.25) is 0 Å². The van der Waals surface area contributed by atoms with Crippen molar-refractivity contribution in [3.63, 3.8) is 0 Å². The molecule has 0 bridgehead atoms. The number of nitrogens with two attached hydrogens (primary N) is 1. The summed E-state index contributed by atoms with van der Waals surface area (Å²) in [5.41, 5.74) is 6.94. The Morgan fingerprint density at radius 3 is 2.50 bits per heavy atom. The van der Waals surface area contributed by atoms with Crippen LogP contribution in [-0.2, 0) is 0 Å². The van der Waals surface area contributed by atoms with Crippen molar-refractivity contribution < 1.29 is 4.79 Å². The molecule has 0 saturated heterocycles. The summed E-state index contributed by atoms with van der Waals surface area (Å²) in [6.07, 6.45) is 6.17. The Labute approximate surface area is 119 Å². The normalized spacial score (nSPS) is 15.7. The number of carbonyl (C=O) groups is 1. The maximum atomic E-state index is 11.7. The summed E-state index contributed by atoms with van der Waals surface area (Å²) in [4.78, 5) is 19.7. The van der Waals surface area contributed by atoms with Gasteiger partial charge in [0.15, 0.2) is 0 Å². The number of carbonyl (C=O) groups excluding carboxylic acids is 1. The van der Waals surface area contributed by atoms with Crippen LogP contribution < -0.4 is 11.1 Å². The lowest BCUT2D eigenvalue weighted by Gasteiger charge is -2.38. The van der Waals surface area contributed by atoms with E-state index in [1.165, 1.54) is 6.20 Å². The van der Waals surface area contributed by atoms with Crippen LogP contribution in [-0.4, -0.2) is 28.0 Å². The molecule has 102 valence electrons. The molecule has 1 fully saturated rings. The summed E-state index contributed by atoms with van der Waals surface area (Å²) in [5.74, 6) is -0.204. The lowest BCUT2D eigenvalue weighted by atomic mass is 9.78. The van der Waals surface area contributed by atoms with Crippen LogP contribution >= 0.6 is 24.8 Å². The molecular weight excluding hydrogens is 275 g/mol. The highest BCUT2D eigenvalue weighted by molar-refractivity contribution is 5.91. The van der Waals surface area contributed by atoms with E-state index in [2.05, 4.69) is 15.3 Å². The average molecular weight is 293 g/mol. The number of hydrogen-bond donors (Lipinski definition) is 2. The van der Waals surface area contributed by atoms with E-state index in [0.717, 1.165) is 25.0 Å². The number of aryl methyl sites for hydroxylation is 1. The molecule has 7 heteroatoms. The highest BCUT2D eigenvalue weighted by atomic mass is 35.5. The maximum Gasteiger partial charge on any atom is 0.271 e. The lowest BCUT2D eigenvalue weighted by Crippen LogP contribution is -2.55. The van der Waals surface area contributed by atoms with Crippen molar-refractivity contribution in [2.45, 2.75) is 31.7 Å². The molecule has 1 saturated carbocycles. The predicted molar refractivity (Wildman–Crippen MR) is 74.4 cm³/mol. The molecule has 1 aliphatic rings. The quantitative estimate of drug-likeness (QED) is 0.878. The zero-order chi connectivity index (χ0) is 11.6. The predicted octanol–water partition coefficient (Wildman–Crippen LogP) is 1.24. The van der Waals surface area contributed by atoms with Gasteiger partial charge >= 0.3 is 0 Å². The Balaban J connectivity index is 0.00000144. The van der Waals surface area contributed by atoms with E-state index in [4.69, 9.17) is 5.73 Å². The fourth-order valence-corrected chi connectivity index (χ4v) is 1.66. The largest absolute Gasteiger partial charge is 0.349 e. The Kier molecular flexibility index (Phi) is 6.52. The molecule has 2 rings (SSSR count). The molecule has 18 heavy (non-hydrogen) atoms. The topological polar surface area (TPSA) is 80.9 Å². The standard InChI is InChI=1S/C11H16N4O.2ClH/c1-8-5-14-9(6-13-8)10(16)15-7-11(12)3-2-4-11;;/h5-6H,2-4,7,12H2,1H3,(H,15,16);2*1H. The number of halogens is 2. The number of amides is 1. The third-order valence-electron chi connectivity index (χ3n) is 2.96. The monoisotopic (exact) mass is 292 g/mol. The van der Waals surface area contributed by atoms with Crippen LogP contribution in [0.1, 0.15) is 35.4 Å². The Morgan fingerprint density at radius 1 is 1.39 bits per heavy atom. The molecule has 1 aromatic heterocycles. The van der Waals surface area contributed by atoms with Crippen LogP contribution in [0, 0.1) is 6.92 Å². The van der Waals surface area contributed by atoms with Gasteiger partial charge in [-0.2, -0.15) is 0 Å². The SMILES string of the molecule is Cc1cnc(C(=O)NCC2(N)CCC2)cn1.Cl.Cl. The first-order valence-corrected chi connectivity index (χ1v) is 5.45. The van der Waals surface area contributed by atoms with Crippen molar-refractivity contribution in [3.05, 3.63) is 23.8 Å². The molecule has 1 heterocycles. The molecule has 0 aromatic carbocycles. The van der Waals surface area contributed by atoms with E-state index in [1.54, 1.807) is 6.20 Å². The van der Waals surface area contributed by atoms with Gasteiger partial charge in [0.25, 0.3) is 5.91 Å². The minimum atomic E-state index is -0.204. The van der Waals surface area contributed by atoms with Gasteiger partial charge in [-0.25, -0.2) is 4.98 Å². The average Bonchev–Trinajstić information content (AvgIpc) is 2.24. The summed E-state index contributed by atoms with van der Waals surface area (Å²) in [7, 11) is 0. The first-order chi connectivity index (χ1) is 7.59. The van der Waals surface area contributed by atoms with Crippen molar-refractivity contribution >= 4 is 30.7 Å². The van der Waals surface area contributed by atoms with Crippen molar-refractivity contribution in [1.82, 2.24) is 15.3 Å². The molecule has 0 aliphatic heterocycles. The highest BCUT2D eigenvalue weighted by Crippen LogP contribution is 2.28. The first kappa shape index (κ1) is 17.1. The molecule has 0 unspecified atom stereocenters. The third-order valence-corrected chi connectivity index (χ3v) is 2.96. The van der Waals surface area contributed by atoms with Crippen molar-refractivity contribution in [1.29, 1.82) is 0 Å². The molecule has 1 amide bonds. The number of nitrogens with one attached hydrogen (secondary N) is 1. The molecule has 0 spiro atoms. The molecule has 5 nitrogen and oxygen atoms in total. The van der Waals surface area contributed by atoms with Gasteiger partial charge in [-0.1, -0.05) is 0 Å². The molecule has 1 aromatic rings. The second kappa shape index (κ2) is 6.87. The van der Waals surface area contributed by atoms with Gasteiger partial charge in [-0.15, -0.1) is 24.8 Å². The van der Waals surface area contributed by atoms with E-state index in [-0.39, 0.29) is 36.3 Å². The number of nitrogens with zero attached hydrogens (tertiary/aromatic N) is 2. The van der Waals surface area contributed by atoms with Gasteiger partial charge in [0.2, 0.25) is 0 Å². The molecule has 0 radical (unpaired) electrons. The van der Waals surface area contributed by atoms with Gasteiger partial charge in [-0.05, 0) is 26.2 Å². The fourth-order valence-electron chi connectivity index (χ4n) is 1.66. The summed E-state index contributed by atoms with van der Waals surface area (Å²) in [6.45, 7) is 2.35. The summed E-state index contributed by atoms with van der Waals surface area (Å²) in [6, 6.07) is 0. The van der Waals surface area contributed by atoms with E-state index in [1.807, 2.05) is 6.92 Å². The Bertz CT molecular complexity index is 393. The fraction of sp³-hybridized carbons (Fsp3) is 0.545. The third kappa shape index (κ3) is 4.08. The van der Waals surface area contributed by atoms with Gasteiger partial charge < -0.3 is 11.1 Å². The zero-order valence-electron chi connectivity index (χ0n) is 10.2. The van der Waals surface area contributed by atoms with Gasteiger partial charge in [0, 0.05) is 18.3 Å². The first-order valence-electron chi connectivity index (χ1n) is 5.45. The summed E-state index contributed by atoms with van der Waals surface area (Å²) in [5, 5.41) is 2.79. The smallest absolute Gasteiger partial charge is 0.271 e. The number of rotatable bonds is 3. The van der Waals surface area contributed by atoms with E-state index < -0.39 is 0 Å². The summed E-state index contributed by atoms with van der Waals surface area (Å²) < 4.78 is 0. The van der Waals surface area contributed by atoms with Gasteiger partial charge in [-0.3, -0.25) is 9.78 Å². The highest BCUT2D eigenvalue weighted by Gasteiger charge is 2.32. The Hall–Kier alpha value is -0.910. The van der Waals surface area contributed by atoms with Crippen molar-refractivity contribution in [2.24, 2.45) is 5.73 Å². The van der Waals surface area contributed by atoms with Crippen LogP contribution in [0.25, 0.3) is 0 Å². The molecule has 0 atom stereocenters. The van der Waals surface area contributed by atoms with Crippen molar-refractivity contribution in [3.8, 4) is 0 Å². The summed E-state index contributed by atoms with van der Waals surface area (Å²) >= 11 is 0. The van der Waals surface area contributed by atoms with Crippen LogP contribution in [0.5, 0.6) is 0 Å². The van der Waals surface area contributed by atoms with Gasteiger partial charge in [0.05, 0.1) is 11.9 Å². The van der Waals surface area contributed by atoms with Crippen molar-refractivity contribution in [2.75, 3.05) is 6.54 Å². The molecule has 1 aliphatic carbocycles. The molecule has 3 N–H and O–H groups in total. The van der Waals surface area contributed by atoms with E-state index in [9.17, 15) is 4.79 Å². The second-order valence-corrected chi connectivity index (χ2v) is 4.44. The van der Waals surface area contributed by atoms with Crippen LogP contribution in [0.4, 0.5) is 0 Å².